The summed E-state index contributed by atoms with van der Waals surface area (Å²) in [6, 6.07) is 6.81. The normalized spacial score (nSPS) is 21.8. The van der Waals surface area contributed by atoms with E-state index in [1.165, 1.54) is 37.7 Å². The quantitative estimate of drug-likeness (QED) is 0.904. The lowest BCUT2D eigenvalue weighted by molar-refractivity contribution is 0.101. The van der Waals surface area contributed by atoms with Crippen LogP contribution in [0.5, 0.6) is 11.5 Å². The van der Waals surface area contributed by atoms with Gasteiger partial charge in [-0.15, -0.1) is 0 Å². The molecule has 23 heavy (non-hydrogen) atoms. The van der Waals surface area contributed by atoms with E-state index >= 15 is 0 Å². The SMILES string of the molecule is COc1ccc([C@H](C2CCCCC2)N2CCNCC2)c(OC)c1. The number of hydrogen-bond acceptors (Lipinski definition) is 4. The highest BCUT2D eigenvalue weighted by Crippen LogP contribution is 2.42. The Morgan fingerprint density at radius 2 is 1.78 bits per heavy atom. The minimum Gasteiger partial charge on any atom is -0.497 e. The van der Waals surface area contributed by atoms with Crippen molar-refractivity contribution in [2.75, 3.05) is 40.4 Å². The van der Waals surface area contributed by atoms with Crippen molar-refractivity contribution in [3.63, 3.8) is 0 Å². The first-order chi connectivity index (χ1) is 11.3. The maximum Gasteiger partial charge on any atom is 0.127 e. The van der Waals surface area contributed by atoms with Gasteiger partial charge in [0.05, 0.1) is 14.2 Å². The van der Waals surface area contributed by atoms with Crippen molar-refractivity contribution in [2.24, 2.45) is 5.92 Å². The van der Waals surface area contributed by atoms with Gasteiger partial charge in [-0.05, 0) is 24.8 Å². The molecule has 1 saturated heterocycles. The van der Waals surface area contributed by atoms with E-state index < -0.39 is 0 Å². The van der Waals surface area contributed by atoms with E-state index in [1.807, 2.05) is 6.07 Å². The molecule has 0 unspecified atom stereocenters. The lowest BCUT2D eigenvalue weighted by Crippen LogP contribution is -2.47. The van der Waals surface area contributed by atoms with Crippen LogP contribution in [-0.4, -0.2) is 45.3 Å². The Hall–Kier alpha value is -1.26. The molecule has 1 aromatic carbocycles. The third kappa shape index (κ3) is 3.81. The number of benzene rings is 1. The van der Waals surface area contributed by atoms with Gasteiger partial charge in [-0.3, -0.25) is 4.90 Å². The lowest BCUT2D eigenvalue weighted by Gasteiger charge is -2.41. The zero-order chi connectivity index (χ0) is 16.1. The first kappa shape index (κ1) is 16.6. The molecule has 4 nitrogen and oxygen atoms in total. The number of ether oxygens (including phenoxy) is 2. The van der Waals surface area contributed by atoms with Crippen molar-refractivity contribution >= 4 is 0 Å². The molecule has 0 bridgehead atoms. The van der Waals surface area contributed by atoms with Gasteiger partial charge in [0, 0.05) is 43.9 Å². The van der Waals surface area contributed by atoms with Crippen LogP contribution in [0.15, 0.2) is 18.2 Å². The number of methoxy groups -OCH3 is 2. The minimum absolute atomic E-state index is 0.471. The van der Waals surface area contributed by atoms with Crippen LogP contribution in [-0.2, 0) is 0 Å². The zero-order valence-corrected chi connectivity index (χ0v) is 14.5. The molecule has 1 N–H and O–H groups in total. The molecule has 0 amide bonds. The highest BCUT2D eigenvalue weighted by molar-refractivity contribution is 5.43. The number of nitrogens with one attached hydrogen (secondary N) is 1. The molecule has 1 atom stereocenters. The highest BCUT2D eigenvalue weighted by Gasteiger charge is 2.32. The third-order valence-electron chi connectivity index (χ3n) is 5.40. The minimum atomic E-state index is 0.471. The summed E-state index contributed by atoms with van der Waals surface area (Å²) in [4.78, 5) is 2.66. The van der Waals surface area contributed by atoms with Crippen molar-refractivity contribution in [3.05, 3.63) is 23.8 Å². The van der Waals surface area contributed by atoms with Gasteiger partial charge in [-0.1, -0.05) is 25.3 Å². The molecule has 3 rings (SSSR count). The van der Waals surface area contributed by atoms with Crippen LogP contribution in [0.3, 0.4) is 0 Å². The molecular formula is C19H30N2O2. The lowest BCUT2D eigenvalue weighted by atomic mass is 9.80. The maximum absolute atomic E-state index is 5.73. The molecule has 0 spiro atoms. The molecule has 1 aliphatic carbocycles. The fourth-order valence-corrected chi connectivity index (χ4v) is 4.22. The van der Waals surface area contributed by atoms with Gasteiger partial charge in [-0.2, -0.15) is 0 Å². The Balaban J connectivity index is 1.92. The van der Waals surface area contributed by atoms with Crippen LogP contribution in [0.2, 0.25) is 0 Å². The van der Waals surface area contributed by atoms with Crippen LogP contribution in [0.25, 0.3) is 0 Å². The summed E-state index contributed by atoms with van der Waals surface area (Å²) in [7, 11) is 3.48. The second kappa shape index (κ2) is 8.02. The fourth-order valence-electron chi connectivity index (χ4n) is 4.22. The molecule has 1 aromatic rings. The second-order valence-corrected chi connectivity index (χ2v) is 6.74. The average molecular weight is 318 g/mol. The molecule has 0 aromatic heterocycles. The topological polar surface area (TPSA) is 33.7 Å². The Labute approximate surface area is 140 Å². The predicted octanol–water partition coefficient (Wildman–Crippen LogP) is 3.23. The van der Waals surface area contributed by atoms with Crippen LogP contribution in [0.1, 0.15) is 43.7 Å². The Morgan fingerprint density at radius 1 is 1.04 bits per heavy atom. The number of nitrogens with zero attached hydrogens (tertiary/aromatic N) is 1. The summed E-state index contributed by atoms with van der Waals surface area (Å²) >= 11 is 0. The summed E-state index contributed by atoms with van der Waals surface area (Å²) in [6.07, 6.45) is 6.80. The van der Waals surface area contributed by atoms with Crippen LogP contribution in [0, 0.1) is 5.92 Å². The van der Waals surface area contributed by atoms with Crippen molar-refractivity contribution in [3.8, 4) is 11.5 Å². The zero-order valence-electron chi connectivity index (χ0n) is 14.5. The van der Waals surface area contributed by atoms with E-state index in [9.17, 15) is 0 Å². The number of piperazine rings is 1. The van der Waals surface area contributed by atoms with Gasteiger partial charge < -0.3 is 14.8 Å². The summed E-state index contributed by atoms with van der Waals surface area (Å²) < 4.78 is 11.1. The first-order valence-electron chi connectivity index (χ1n) is 9.00. The molecule has 2 fully saturated rings. The average Bonchev–Trinajstić information content (AvgIpc) is 2.64. The van der Waals surface area contributed by atoms with Gasteiger partial charge in [0.2, 0.25) is 0 Å². The predicted molar refractivity (Wildman–Crippen MR) is 93.3 cm³/mol. The summed E-state index contributed by atoms with van der Waals surface area (Å²) in [6.45, 7) is 4.41. The van der Waals surface area contributed by atoms with Crippen molar-refractivity contribution in [1.29, 1.82) is 0 Å². The smallest absolute Gasteiger partial charge is 0.127 e. The molecule has 4 heteroatoms. The van der Waals surface area contributed by atoms with E-state index in [-0.39, 0.29) is 0 Å². The van der Waals surface area contributed by atoms with Gasteiger partial charge in [0.15, 0.2) is 0 Å². The molecule has 1 aliphatic heterocycles. The molecule has 0 radical (unpaired) electrons. The largest absolute Gasteiger partial charge is 0.497 e. The van der Waals surface area contributed by atoms with Crippen molar-refractivity contribution in [2.45, 2.75) is 38.1 Å². The second-order valence-electron chi connectivity index (χ2n) is 6.74. The van der Waals surface area contributed by atoms with E-state index in [0.29, 0.717) is 6.04 Å². The van der Waals surface area contributed by atoms with Crippen LogP contribution >= 0.6 is 0 Å². The molecule has 1 saturated carbocycles. The Kier molecular flexibility index (Phi) is 5.79. The van der Waals surface area contributed by atoms with Gasteiger partial charge in [0.1, 0.15) is 11.5 Å². The van der Waals surface area contributed by atoms with Crippen molar-refractivity contribution in [1.82, 2.24) is 10.2 Å². The summed E-state index contributed by atoms with van der Waals surface area (Å²) in [5.41, 5.74) is 1.34. The van der Waals surface area contributed by atoms with E-state index in [2.05, 4.69) is 22.3 Å². The van der Waals surface area contributed by atoms with E-state index in [0.717, 1.165) is 43.6 Å². The number of hydrogen-bond donors (Lipinski definition) is 1. The molecule has 128 valence electrons. The summed E-state index contributed by atoms with van der Waals surface area (Å²) in [5, 5.41) is 3.48. The van der Waals surface area contributed by atoms with Crippen molar-refractivity contribution < 1.29 is 9.47 Å². The highest BCUT2D eigenvalue weighted by atomic mass is 16.5. The monoisotopic (exact) mass is 318 g/mol. The van der Waals surface area contributed by atoms with E-state index in [4.69, 9.17) is 9.47 Å². The van der Waals surface area contributed by atoms with Crippen LogP contribution < -0.4 is 14.8 Å². The molecular weight excluding hydrogens is 288 g/mol. The van der Waals surface area contributed by atoms with Crippen LogP contribution in [0.4, 0.5) is 0 Å². The Morgan fingerprint density at radius 3 is 2.43 bits per heavy atom. The fraction of sp³-hybridized carbons (Fsp3) is 0.684. The summed E-state index contributed by atoms with van der Waals surface area (Å²) in [5.74, 6) is 2.58. The van der Waals surface area contributed by atoms with Gasteiger partial charge in [-0.25, -0.2) is 0 Å². The molecule has 1 heterocycles. The Bertz CT molecular complexity index is 476. The molecule has 2 aliphatic rings. The first-order valence-corrected chi connectivity index (χ1v) is 9.00. The standard InChI is InChI=1S/C19H30N2O2/c1-22-16-8-9-17(18(14-16)23-2)19(15-6-4-3-5-7-15)21-12-10-20-11-13-21/h8-9,14-15,19-20H,3-7,10-13H2,1-2H3/t19-/m0/s1. The third-order valence-corrected chi connectivity index (χ3v) is 5.40. The maximum atomic E-state index is 5.73. The van der Waals surface area contributed by atoms with E-state index in [1.54, 1.807) is 14.2 Å². The van der Waals surface area contributed by atoms with Gasteiger partial charge >= 0.3 is 0 Å². The van der Waals surface area contributed by atoms with Gasteiger partial charge in [0.25, 0.3) is 0 Å². The number of rotatable bonds is 5.